The zero-order valence-corrected chi connectivity index (χ0v) is 11.8. The molecule has 0 aromatic carbocycles. The Labute approximate surface area is 105 Å². The Morgan fingerprint density at radius 2 is 1.94 bits per heavy atom. The van der Waals surface area contributed by atoms with Gasteiger partial charge in [-0.1, -0.05) is 20.3 Å². The number of rotatable bonds is 8. The molecule has 0 spiro atoms. The lowest BCUT2D eigenvalue weighted by molar-refractivity contribution is 0.324. The van der Waals surface area contributed by atoms with Gasteiger partial charge in [0.05, 0.1) is 0 Å². The van der Waals surface area contributed by atoms with Crippen molar-refractivity contribution in [3.05, 3.63) is 0 Å². The minimum atomic E-state index is 0.503. The predicted octanol–water partition coefficient (Wildman–Crippen LogP) is 2.58. The topological polar surface area (TPSA) is 29.3 Å². The fraction of sp³-hybridized carbons (Fsp3) is 1.00. The van der Waals surface area contributed by atoms with Crippen LogP contribution < -0.4 is 5.73 Å². The first-order valence-corrected chi connectivity index (χ1v) is 7.99. The van der Waals surface area contributed by atoms with Crippen LogP contribution in [0.3, 0.4) is 0 Å². The van der Waals surface area contributed by atoms with Gasteiger partial charge in [-0.05, 0) is 44.0 Å². The third-order valence-corrected chi connectivity index (χ3v) is 4.79. The lowest BCUT2D eigenvalue weighted by Crippen LogP contribution is -2.26. The Morgan fingerprint density at radius 1 is 1.19 bits per heavy atom. The van der Waals surface area contributed by atoms with Crippen molar-refractivity contribution in [3.8, 4) is 0 Å². The average Bonchev–Trinajstić information content (AvgIpc) is 2.70. The summed E-state index contributed by atoms with van der Waals surface area (Å²) >= 11 is 2.10. The summed E-state index contributed by atoms with van der Waals surface area (Å²) in [7, 11) is 0. The van der Waals surface area contributed by atoms with Crippen molar-refractivity contribution in [2.24, 2.45) is 11.7 Å². The van der Waals surface area contributed by atoms with Crippen LogP contribution in [-0.4, -0.2) is 42.1 Å². The van der Waals surface area contributed by atoms with E-state index >= 15 is 0 Å². The maximum atomic E-state index is 6.07. The second kappa shape index (κ2) is 8.37. The minimum absolute atomic E-state index is 0.503. The fourth-order valence-electron chi connectivity index (χ4n) is 2.49. The molecule has 3 heteroatoms. The third-order valence-electron chi connectivity index (χ3n) is 3.80. The second-order valence-electron chi connectivity index (χ2n) is 4.78. The van der Waals surface area contributed by atoms with E-state index < -0.39 is 0 Å². The largest absolute Gasteiger partial charge is 0.327 e. The standard InChI is InChI=1S/C13H28N2S/c1-3-15(4-2)9-11-16-10-8-12-6-5-7-13(12)14/h12-13H,3-11,14H2,1-2H3. The van der Waals surface area contributed by atoms with Gasteiger partial charge in [0.1, 0.15) is 0 Å². The van der Waals surface area contributed by atoms with Gasteiger partial charge in [0.2, 0.25) is 0 Å². The predicted molar refractivity (Wildman–Crippen MR) is 75.0 cm³/mol. The molecule has 2 unspecified atom stereocenters. The van der Waals surface area contributed by atoms with Crippen LogP contribution >= 0.6 is 11.8 Å². The molecule has 1 aliphatic rings. The van der Waals surface area contributed by atoms with Crippen molar-refractivity contribution in [2.75, 3.05) is 31.1 Å². The molecule has 2 atom stereocenters. The summed E-state index contributed by atoms with van der Waals surface area (Å²) in [5, 5.41) is 0. The molecule has 1 fully saturated rings. The maximum Gasteiger partial charge on any atom is 0.00721 e. The van der Waals surface area contributed by atoms with E-state index in [-0.39, 0.29) is 0 Å². The lowest BCUT2D eigenvalue weighted by atomic mass is 10.0. The number of hydrogen-bond acceptors (Lipinski definition) is 3. The van der Waals surface area contributed by atoms with Crippen LogP contribution in [0.1, 0.15) is 39.5 Å². The van der Waals surface area contributed by atoms with E-state index in [1.807, 2.05) is 0 Å². The molecule has 0 aromatic heterocycles. The van der Waals surface area contributed by atoms with Gasteiger partial charge < -0.3 is 10.6 Å². The zero-order valence-electron chi connectivity index (χ0n) is 11.0. The van der Waals surface area contributed by atoms with Gasteiger partial charge in [-0.2, -0.15) is 11.8 Å². The number of thioether (sulfide) groups is 1. The van der Waals surface area contributed by atoms with Gasteiger partial charge in [0.15, 0.2) is 0 Å². The van der Waals surface area contributed by atoms with Crippen LogP contribution in [0.5, 0.6) is 0 Å². The summed E-state index contributed by atoms with van der Waals surface area (Å²) in [6.07, 6.45) is 5.33. The molecule has 16 heavy (non-hydrogen) atoms. The quantitative estimate of drug-likeness (QED) is 0.666. The first kappa shape index (κ1) is 14.3. The molecule has 0 amide bonds. The van der Waals surface area contributed by atoms with Crippen molar-refractivity contribution in [3.63, 3.8) is 0 Å². The summed E-state index contributed by atoms with van der Waals surface area (Å²) in [5.41, 5.74) is 6.07. The molecule has 96 valence electrons. The summed E-state index contributed by atoms with van der Waals surface area (Å²) in [4.78, 5) is 2.49. The van der Waals surface area contributed by atoms with Gasteiger partial charge >= 0.3 is 0 Å². The van der Waals surface area contributed by atoms with Crippen molar-refractivity contribution < 1.29 is 0 Å². The Kier molecular flexibility index (Phi) is 7.50. The Bertz CT molecular complexity index is 171. The van der Waals surface area contributed by atoms with Crippen molar-refractivity contribution in [2.45, 2.75) is 45.6 Å². The third kappa shape index (κ3) is 5.07. The monoisotopic (exact) mass is 244 g/mol. The van der Waals surface area contributed by atoms with Gasteiger partial charge in [-0.3, -0.25) is 0 Å². The Hall–Kier alpha value is 0.270. The van der Waals surface area contributed by atoms with Gasteiger partial charge in [0, 0.05) is 18.3 Å². The van der Waals surface area contributed by atoms with Crippen molar-refractivity contribution in [1.29, 1.82) is 0 Å². The molecule has 2 nitrogen and oxygen atoms in total. The number of nitrogens with zero attached hydrogens (tertiary/aromatic N) is 1. The van der Waals surface area contributed by atoms with E-state index in [1.54, 1.807) is 0 Å². The molecule has 0 bridgehead atoms. The van der Waals surface area contributed by atoms with E-state index in [2.05, 4.69) is 30.5 Å². The van der Waals surface area contributed by atoms with Crippen LogP contribution in [0, 0.1) is 5.92 Å². The summed E-state index contributed by atoms with van der Waals surface area (Å²) in [6, 6.07) is 0.503. The van der Waals surface area contributed by atoms with E-state index in [4.69, 9.17) is 5.73 Å². The normalized spacial score (nSPS) is 25.5. The van der Waals surface area contributed by atoms with E-state index in [0.29, 0.717) is 6.04 Å². The van der Waals surface area contributed by atoms with Crippen LogP contribution in [-0.2, 0) is 0 Å². The summed E-state index contributed by atoms with van der Waals surface area (Å²) < 4.78 is 0. The molecule has 0 heterocycles. The van der Waals surface area contributed by atoms with E-state index in [9.17, 15) is 0 Å². The molecule has 0 aromatic rings. The lowest BCUT2D eigenvalue weighted by Gasteiger charge is -2.18. The van der Waals surface area contributed by atoms with Crippen LogP contribution in [0.25, 0.3) is 0 Å². The molecule has 0 radical (unpaired) electrons. The number of nitrogens with two attached hydrogens (primary N) is 1. The van der Waals surface area contributed by atoms with Crippen molar-refractivity contribution in [1.82, 2.24) is 4.90 Å². The van der Waals surface area contributed by atoms with Crippen LogP contribution in [0.4, 0.5) is 0 Å². The SMILES string of the molecule is CCN(CC)CCSCCC1CCCC1N. The smallest absolute Gasteiger partial charge is 0.00721 e. The highest BCUT2D eigenvalue weighted by Gasteiger charge is 2.22. The van der Waals surface area contributed by atoms with Crippen LogP contribution in [0.2, 0.25) is 0 Å². The highest BCUT2D eigenvalue weighted by atomic mass is 32.2. The molecule has 1 rings (SSSR count). The van der Waals surface area contributed by atoms with Gasteiger partial charge in [-0.25, -0.2) is 0 Å². The van der Waals surface area contributed by atoms with E-state index in [0.717, 1.165) is 5.92 Å². The number of hydrogen-bond donors (Lipinski definition) is 1. The first-order chi connectivity index (χ1) is 7.77. The Balaban J connectivity index is 1.95. The molecule has 1 aliphatic carbocycles. The molecule has 0 saturated heterocycles. The zero-order chi connectivity index (χ0) is 11.8. The minimum Gasteiger partial charge on any atom is -0.327 e. The molecule has 2 N–H and O–H groups in total. The molecule has 1 saturated carbocycles. The second-order valence-corrected chi connectivity index (χ2v) is 6.01. The van der Waals surface area contributed by atoms with Crippen LogP contribution in [0.15, 0.2) is 0 Å². The Morgan fingerprint density at radius 3 is 2.50 bits per heavy atom. The van der Waals surface area contributed by atoms with Crippen molar-refractivity contribution >= 4 is 11.8 Å². The fourth-order valence-corrected chi connectivity index (χ4v) is 3.56. The summed E-state index contributed by atoms with van der Waals surface area (Å²) in [5.74, 6) is 3.41. The average molecular weight is 244 g/mol. The van der Waals surface area contributed by atoms with Gasteiger partial charge in [0.25, 0.3) is 0 Å². The summed E-state index contributed by atoms with van der Waals surface area (Å²) in [6.45, 7) is 8.10. The highest BCUT2D eigenvalue weighted by molar-refractivity contribution is 7.99. The van der Waals surface area contributed by atoms with Gasteiger partial charge in [-0.15, -0.1) is 0 Å². The molecular weight excluding hydrogens is 216 g/mol. The molecule has 0 aliphatic heterocycles. The maximum absolute atomic E-state index is 6.07. The first-order valence-electron chi connectivity index (χ1n) is 6.83. The molecular formula is C13H28N2S. The van der Waals surface area contributed by atoms with E-state index in [1.165, 1.54) is 56.8 Å². The highest BCUT2D eigenvalue weighted by Crippen LogP contribution is 2.27.